The number of carbonyl (C=O) groups excluding carboxylic acids is 1. The van der Waals surface area contributed by atoms with Crippen LogP contribution in [0.4, 0.5) is 0 Å². The van der Waals surface area contributed by atoms with Crippen LogP contribution in [0.1, 0.15) is 27.2 Å². The first-order chi connectivity index (χ1) is 5.71. The lowest BCUT2D eigenvalue weighted by atomic mass is 10.2. The summed E-state index contributed by atoms with van der Waals surface area (Å²) in [7, 11) is 0. The van der Waals surface area contributed by atoms with E-state index >= 15 is 0 Å². The van der Waals surface area contributed by atoms with E-state index in [9.17, 15) is 9.70 Å². The third-order valence-electron chi connectivity index (χ3n) is 2.01. The lowest BCUT2D eigenvalue weighted by Crippen LogP contribution is -2.39. The summed E-state index contributed by atoms with van der Waals surface area (Å²) in [6, 6.07) is -0.322. The molecule has 0 aliphatic rings. The van der Waals surface area contributed by atoms with Crippen molar-refractivity contribution in [2.75, 3.05) is 13.1 Å². The molecule has 0 spiro atoms. The standard InChI is InChI=1S/C8H16N2O2/c1-4-7(8(11)9-12)10(5-2)6-3/h7H,4-6H2,1-3H3. The minimum Gasteiger partial charge on any atom is -0.292 e. The molecular weight excluding hydrogens is 156 g/mol. The molecule has 0 fully saturated rings. The molecule has 0 aliphatic carbocycles. The molecule has 0 saturated carbocycles. The second-order valence-corrected chi connectivity index (χ2v) is 2.57. The average molecular weight is 172 g/mol. The predicted molar refractivity (Wildman–Crippen MR) is 47.8 cm³/mol. The van der Waals surface area contributed by atoms with E-state index in [2.05, 4.69) is 5.18 Å². The molecule has 0 aromatic carbocycles. The molecular formula is C8H16N2O2. The maximum atomic E-state index is 11.0. The van der Waals surface area contributed by atoms with Crippen molar-refractivity contribution in [1.29, 1.82) is 0 Å². The van der Waals surface area contributed by atoms with E-state index in [0.717, 1.165) is 13.1 Å². The number of carbonyl (C=O) groups is 1. The first kappa shape index (κ1) is 11.2. The van der Waals surface area contributed by atoms with Crippen LogP contribution >= 0.6 is 0 Å². The average Bonchev–Trinajstić information content (AvgIpc) is 2.12. The van der Waals surface area contributed by atoms with E-state index in [4.69, 9.17) is 0 Å². The van der Waals surface area contributed by atoms with E-state index in [1.807, 2.05) is 25.7 Å². The van der Waals surface area contributed by atoms with E-state index in [-0.39, 0.29) is 6.04 Å². The minimum absolute atomic E-state index is 0.322. The van der Waals surface area contributed by atoms with Gasteiger partial charge in [-0.25, -0.2) is 0 Å². The molecule has 0 aromatic rings. The van der Waals surface area contributed by atoms with E-state index in [1.165, 1.54) is 0 Å². The molecule has 4 nitrogen and oxygen atoms in total. The number of hydrogen-bond acceptors (Lipinski definition) is 3. The Kier molecular flexibility index (Phi) is 5.45. The molecule has 4 heteroatoms. The van der Waals surface area contributed by atoms with Gasteiger partial charge in [-0.2, -0.15) is 0 Å². The van der Waals surface area contributed by atoms with Gasteiger partial charge < -0.3 is 0 Å². The summed E-state index contributed by atoms with van der Waals surface area (Å²) in [4.78, 5) is 22.9. The summed E-state index contributed by atoms with van der Waals surface area (Å²) in [6.45, 7) is 7.35. The van der Waals surface area contributed by atoms with Gasteiger partial charge in [0.1, 0.15) is 0 Å². The number of hydrogen-bond donors (Lipinski definition) is 0. The molecule has 0 bridgehead atoms. The van der Waals surface area contributed by atoms with Crippen molar-refractivity contribution < 1.29 is 4.79 Å². The van der Waals surface area contributed by atoms with Crippen LogP contribution in [0, 0.1) is 4.91 Å². The van der Waals surface area contributed by atoms with Gasteiger partial charge in [-0.1, -0.05) is 20.8 Å². The van der Waals surface area contributed by atoms with Gasteiger partial charge >= 0.3 is 5.91 Å². The molecule has 0 aromatic heterocycles. The van der Waals surface area contributed by atoms with Crippen LogP contribution in [0.5, 0.6) is 0 Å². The van der Waals surface area contributed by atoms with Crippen molar-refractivity contribution in [2.45, 2.75) is 33.2 Å². The van der Waals surface area contributed by atoms with Crippen LogP contribution in [-0.2, 0) is 4.79 Å². The van der Waals surface area contributed by atoms with Crippen molar-refractivity contribution in [2.24, 2.45) is 5.18 Å². The lowest BCUT2D eigenvalue weighted by Gasteiger charge is -2.24. The van der Waals surface area contributed by atoms with Crippen LogP contribution < -0.4 is 0 Å². The van der Waals surface area contributed by atoms with Crippen LogP contribution in [0.15, 0.2) is 5.18 Å². The Hall–Kier alpha value is -0.770. The Morgan fingerprint density at radius 2 is 1.83 bits per heavy atom. The summed E-state index contributed by atoms with van der Waals surface area (Å²) < 4.78 is 0. The third kappa shape index (κ3) is 2.70. The Labute approximate surface area is 72.9 Å². The number of nitrogens with zero attached hydrogens (tertiary/aromatic N) is 2. The van der Waals surface area contributed by atoms with Gasteiger partial charge in [-0.15, -0.1) is 4.91 Å². The Balaban J connectivity index is 4.29. The molecule has 0 rings (SSSR count). The van der Waals surface area contributed by atoms with Gasteiger partial charge in [0.05, 0.1) is 6.04 Å². The van der Waals surface area contributed by atoms with Crippen LogP contribution in [0.2, 0.25) is 0 Å². The number of nitroso groups, excluding NO2 is 1. The third-order valence-corrected chi connectivity index (χ3v) is 2.01. The minimum atomic E-state index is -0.554. The highest BCUT2D eigenvalue weighted by Gasteiger charge is 2.22. The quantitative estimate of drug-likeness (QED) is 0.589. The normalized spacial score (nSPS) is 13.0. The highest BCUT2D eigenvalue weighted by atomic mass is 16.3. The van der Waals surface area contributed by atoms with Crippen molar-refractivity contribution >= 4 is 5.91 Å². The number of amides is 1. The molecule has 1 amide bonds. The van der Waals surface area contributed by atoms with Gasteiger partial charge in [0.25, 0.3) is 0 Å². The Bertz CT molecular complexity index is 155. The van der Waals surface area contributed by atoms with Gasteiger partial charge in [0.15, 0.2) is 0 Å². The van der Waals surface area contributed by atoms with E-state index in [0.29, 0.717) is 6.42 Å². The zero-order valence-corrected chi connectivity index (χ0v) is 7.91. The smallest absolute Gasteiger partial charge is 0.292 e. The Morgan fingerprint density at radius 1 is 1.33 bits per heavy atom. The van der Waals surface area contributed by atoms with E-state index < -0.39 is 5.91 Å². The van der Waals surface area contributed by atoms with Crippen molar-refractivity contribution in [3.63, 3.8) is 0 Å². The van der Waals surface area contributed by atoms with Crippen molar-refractivity contribution in [1.82, 2.24) is 4.90 Å². The summed E-state index contributed by atoms with van der Waals surface area (Å²) in [5.41, 5.74) is 0. The highest BCUT2D eigenvalue weighted by Crippen LogP contribution is 2.05. The first-order valence-corrected chi connectivity index (χ1v) is 4.32. The zero-order chi connectivity index (χ0) is 9.56. The molecule has 0 saturated heterocycles. The molecule has 0 aliphatic heterocycles. The fourth-order valence-corrected chi connectivity index (χ4v) is 1.31. The van der Waals surface area contributed by atoms with Crippen LogP contribution in [0.25, 0.3) is 0 Å². The molecule has 1 unspecified atom stereocenters. The van der Waals surface area contributed by atoms with Gasteiger partial charge in [0, 0.05) is 5.18 Å². The first-order valence-electron chi connectivity index (χ1n) is 4.32. The topological polar surface area (TPSA) is 49.7 Å². The maximum Gasteiger partial charge on any atom is 0.303 e. The molecule has 0 heterocycles. The summed E-state index contributed by atoms with van der Waals surface area (Å²) in [5, 5.41) is 2.45. The monoisotopic (exact) mass is 172 g/mol. The maximum absolute atomic E-state index is 11.0. The summed E-state index contributed by atoms with van der Waals surface area (Å²) in [6.07, 6.45) is 0.645. The van der Waals surface area contributed by atoms with Crippen LogP contribution in [0.3, 0.4) is 0 Å². The van der Waals surface area contributed by atoms with Gasteiger partial charge in [-0.05, 0) is 19.5 Å². The fourth-order valence-electron chi connectivity index (χ4n) is 1.31. The SMILES string of the molecule is CCC(C(=O)N=O)N(CC)CC. The van der Waals surface area contributed by atoms with Gasteiger partial charge in [-0.3, -0.25) is 9.69 Å². The van der Waals surface area contributed by atoms with Crippen LogP contribution in [-0.4, -0.2) is 29.9 Å². The fraction of sp³-hybridized carbons (Fsp3) is 0.875. The molecule has 1 atom stereocenters. The Morgan fingerprint density at radius 3 is 2.08 bits per heavy atom. The molecule has 0 N–H and O–H groups in total. The zero-order valence-electron chi connectivity index (χ0n) is 7.91. The van der Waals surface area contributed by atoms with Crippen molar-refractivity contribution in [3.05, 3.63) is 4.91 Å². The molecule has 0 radical (unpaired) electrons. The predicted octanol–water partition coefficient (Wildman–Crippen LogP) is 1.40. The van der Waals surface area contributed by atoms with E-state index in [1.54, 1.807) is 0 Å². The van der Waals surface area contributed by atoms with Crippen molar-refractivity contribution in [3.8, 4) is 0 Å². The molecule has 12 heavy (non-hydrogen) atoms. The lowest BCUT2D eigenvalue weighted by molar-refractivity contribution is -0.123. The highest BCUT2D eigenvalue weighted by molar-refractivity contribution is 5.82. The van der Waals surface area contributed by atoms with Gasteiger partial charge in [0.2, 0.25) is 0 Å². The summed E-state index contributed by atoms with van der Waals surface area (Å²) >= 11 is 0. The number of rotatable bonds is 5. The largest absolute Gasteiger partial charge is 0.303 e. The number of likely N-dealkylation sites (N-methyl/N-ethyl adjacent to an activating group) is 1. The second kappa shape index (κ2) is 5.83. The molecule has 70 valence electrons. The summed E-state index contributed by atoms with van der Waals surface area (Å²) in [5.74, 6) is -0.554. The second-order valence-electron chi connectivity index (χ2n) is 2.57.